The van der Waals surface area contributed by atoms with Gasteiger partial charge in [0.1, 0.15) is 5.69 Å². The summed E-state index contributed by atoms with van der Waals surface area (Å²) in [6.07, 6.45) is 1.60. The largest absolute Gasteiger partial charge is 0.337 e. The van der Waals surface area contributed by atoms with E-state index in [0.717, 1.165) is 31.3 Å². The molecule has 0 unspecified atom stereocenters. The van der Waals surface area contributed by atoms with Crippen molar-refractivity contribution in [3.8, 4) is 11.5 Å². The molecular weight excluding hydrogens is 264 g/mol. The van der Waals surface area contributed by atoms with Crippen molar-refractivity contribution >= 4 is 17.5 Å². The summed E-state index contributed by atoms with van der Waals surface area (Å²) < 4.78 is 0. The number of H-pyrrole nitrogens is 1. The van der Waals surface area contributed by atoms with Crippen molar-refractivity contribution in [2.75, 3.05) is 24.5 Å². The second-order valence-corrected chi connectivity index (χ2v) is 5.08. The number of nitrogens with one attached hydrogen (secondary N) is 2. The number of hydrogen-bond donors (Lipinski definition) is 2. The third-order valence-electron chi connectivity index (χ3n) is 3.10. The molecule has 1 fully saturated rings. The maximum atomic E-state index is 5.82. The highest BCUT2D eigenvalue weighted by Crippen LogP contribution is 2.18. The van der Waals surface area contributed by atoms with Crippen LogP contribution >= 0.6 is 11.6 Å². The fraction of sp³-hybridized carbons (Fsp3) is 0.417. The van der Waals surface area contributed by atoms with Gasteiger partial charge in [0, 0.05) is 31.9 Å². The summed E-state index contributed by atoms with van der Waals surface area (Å²) in [6, 6.07) is 4.07. The molecule has 0 saturated carbocycles. The maximum absolute atomic E-state index is 5.82. The third kappa shape index (κ3) is 2.69. The van der Waals surface area contributed by atoms with Crippen LogP contribution in [0.1, 0.15) is 6.92 Å². The fourth-order valence-corrected chi connectivity index (χ4v) is 2.25. The summed E-state index contributed by atoms with van der Waals surface area (Å²) in [5, 5.41) is 11.2. The van der Waals surface area contributed by atoms with E-state index in [1.54, 1.807) is 12.3 Å². The molecule has 6 nitrogen and oxygen atoms in total. The first-order valence-electron chi connectivity index (χ1n) is 6.25. The molecule has 7 heteroatoms. The lowest BCUT2D eigenvalue weighted by Gasteiger charge is -2.30. The van der Waals surface area contributed by atoms with Gasteiger partial charge in [-0.25, -0.2) is 0 Å². The average Bonchev–Trinajstić information content (AvgIpc) is 2.89. The SMILES string of the molecule is C[C@@H]1CN(c2n[nH]c(-c3ccc(Cl)cn3)n2)CCN1. The Bertz CT molecular complexity index is 552. The van der Waals surface area contributed by atoms with Crippen molar-refractivity contribution in [2.24, 2.45) is 0 Å². The highest BCUT2D eigenvalue weighted by atomic mass is 35.5. The van der Waals surface area contributed by atoms with E-state index in [1.807, 2.05) is 6.07 Å². The Hall–Kier alpha value is -1.66. The molecular formula is C12H15ClN6. The molecule has 3 rings (SSSR count). The first-order chi connectivity index (χ1) is 9.22. The molecule has 1 saturated heterocycles. The van der Waals surface area contributed by atoms with Crippen LogP contribution in [0.4, 0.5) is 5.95 Å². The van der Waals surface area contributed by atoms with E-state index in [-0.39, 0.29) is 0 Å². The van der Waals surface area contributed by atoms with Crippen molar-refractivity contribution in [3.63, 3.8) is 0 Å². The van der Waals surface area contributed by atoms with E-state index >= 15 is 0 Å². The fourth-order valence-electron chi connectivity index (χ4n) is 2.14. The molecule has 0 amide bonds. The van der Waals surface area contributed by atoms with Crippen LogP contribution in [0.5, 0.6) is 0 Å². The summed E-state index contributed by atoms with van der Waals surface area (Å²) in [5.41, 5.74) is 0.742. The van der Waals surface area contributed by atoms with Crippen molar-refractivity contribution < 1.29 is 0 Å². The Labute approximate surface area is 116 Å². The Morgan fingerprint density at radius 3 is 3.05 bits per heavy atom. The Balaban J connectivity index is 1.81. The molecule has 1 atom stereocenters. The number of aromatic amines is 1. The summed E-state index contributed by atoms with van der Waals surface area (Å²) in [6.45, 7) is 4.92. The standard InChI is InChI=1S/C12H15ClN6/c1-8-7-19(5-4-14-8)12-16-11(17-18-12)10-3-2-9(13)6-15-10/h2-3,6,8,14H,4-5,7H2,1H3,(H,16,17,18)/t8-/m1/s1. The first-order valence-corrected chi connectivity index (χ1v) is 6.63. The molecule has 1 aliphatic heterocycles. The Morgan fingerprint density at radius 2 is 2.32 bits per heavy atom. The molecule has 0 aliphatic carbocycles. The molecule has 0 spiro atoms. The summed E-state index contributed by atoms with van der Waals surface area (Å²) >= 11 is 5.82. The topological polar surface area (TPSA) is 69.7 Å². The van der Waals surface area contributed by atoms with Crippen molar-refractivity contribution in [1.82, 2.24) is 25.5 Å². The van der Waals surface area contributed by atoms with Crippen LogP contribution in [-0.2, 0) is 0 Å². The van der Waals surface area contributed by atoms with Crippen molar-refractivity contribution in [1.29, 1.82) is 0 Å². The number of aromatic nitrogens is 4. The number of piperazine rings is 1. The number of rotatable bonds is 2. The summed E-state index contributed by atoms with van der Waals surface area (Å²) in [5.74, 6) is 1.39. The van der Waals surface area contributed by atoms with Gasteiger partial charge < -0.3 is 10.2 Å². The molecule has 3 heterocycles. The monoisotopic (exact) mass is 278 g/mol. The zero-order chi connectivity index (χ0) is 13.2. The van der Waals surface area contributed by atoms with E-state index in [4.69, 9.17) is 11.6 Å². The van der Waals surface area contributed by atoms with E-state index in [2.05, 4.69) is 37.3 Å². The smallest absolute Gasteiger partial charge is 0.245 e. The molecule has 100 valence electrons. The van der Waals surface area contributed by atoms with Gasteiger partial charge in [-0.1, -0.05) is 11.6 Å². The lowest BCUT2D eigenvalue weighted by Crippen LogP contribution is -2.49. The zero-order valence-corrected chi connectivity index (χ0v) is 11.4. The van der Waals surface area contributed by atoms with Crippen LogP contribution in [0.2, 0.25) is 5.02 Å². The van der Waals surface area contributed by atoms with E-state index < -0.39 is 0 Å². The van der Waals surface area contributed by atoms with Gasteiger partial charge in [0.15, 0.2) is 5.82 Å². The van der Waals surface area contributed by atoms with Gasteiger partial charge in [-0.3, -0.25) is 10.1 Å². The minimum atomic E-state index is 0.448. The number of nitrogens with zero attached hydrogens (tertiary/aromatic N) is 4. The molecule has 2 aromatic rings. The van der Waals surface area contributed by atoms with Gasteiger partial charge in [-0.2, -0.15) is 4.98 Å². The van der Waals surface area contributed by atoms with Crippen LogP contribution in [0, 0.1) is 0 Å². The Morgan fingerprint density at radius 1 is 1.42 bits per heavy atom. The minimum Gasteiger partial charge on any atom is -0.337 e. The predicted octanol–water partition coefficient (Wildman–Crippen LogP) is 1.32. The second kappa shape index (κ2) is 5.14. The maximum Gasteiger partial charge on any atom is 0.245 e. The van der Waals surface area contributed by atoms with Crippen molar-refractivity contribution in [3.05, 3.63) is 23.4 Å². The van der Waals surface area contributed by atoms with Crippen molar-refractivity contribution in [2.45, 2.75) is 13.0 Å². The van der Waals surface area contributed by atoms with Crippen LogP contribution in [0.25, 0.3) is 11.5 Å². The quantitative estimate of drug-likeness (QED) is 0.867. The lowest BCUT2D eigenvalue weighted by molar-refractivity contribution is 0.480. The molecule has 0 aromatic carbocycles. The normalized spacial score (nSPS) is 19.7. The number of anilines is 1. The van der Waals surface area contributed by atoms with Crippen LogP contribution in [0.3, 0.4) is 0 Å². The van der Waals surface area contributed by atoms with Gasteiger partial charge >= 0.3 is 0 Å². The van der Waals surface area contributed by atoms with E-state index in [1.165, 1.54) is 0 Å². The van der Waals surface area contributed by atoms with Gasteiger partial charge in [0.05, 0.1) is 5.02 Å². The summed E-state index contributed by atoms with van der Waals surface area (Å²) in [4.78, 5) is 10.9. The molecule has 2 aromatic heterocycles. The molecule has 19 heavy (non-hydrogen) atoms. The second-order valence-electron chi connectivity index (χ2n) is 4.65. The van der Waals surface area contributed by atoms with Gasteiger partial charge in [-0.15, -0.1) is 5.10 Å². The molecule has 2 N–H and O–H groups in total. The van der Waals surface area contributed by atoms with Crippen LogP contribution < -0.4 is 10.2 Å². The highest BCUT2D eigenvalue weighted by molar-refractivity contribution is 6.30. The number of pyridine rings is 1. The summed E-state index contributed by atoms with van der Waals surface area (Å²) in [7, 11) is 0. The average molecular weight is 279 g/mol. The number of halogens is 1. The molecule has 0 bridgehead atoms. The van der Waals surface area contributed by atoms with Gasteiger partial charge in [0.2, 0.25) is 5.95 Å². The zero-order valence-electron chi connectivity index (χ0n) is 10.6. The lowest BCUT2D eigenvalue weighted by atomic mass is 10.2. The van der Waals surface area contributed by atoms with Crippen LogP contribution in [-0.4, -0.2) is 45.8 Å². The van der Waals surface area contributed by atoms with Crippen LogP contribution in [0.15, 0.2) is 18.3 Å². The molecule has 0 radical (unpaired) electrons. The highest BCUT2D eigenvalue weighted by Gasteiger charge is 2.19. The Kier molecular flexibility index (Phi) is 3.35. The van der Waals surface area contributed by atoms with Gasteiger partial charge in [-0.05, 0) is 19.1 Å². The molecule has 1 aliphatic rings. The number of hydrogen-bond acceptors (Lipinski definition) is 5. The first kappa shape index (κ1) is 12.4. The van der Waals surface area contributed by atoms with E-state index in [9.17, 15) is 0 Å². The minimum absolute atomic E-state index is 0.448. The predicted molar refractivity (Wildman–Crippen MR) is 74.3 cm³/mol. The third-order valence-corrected chi connectivity index (χ3v) is 3.32. The van der Waals surface area contributed by atoms with E-state index in [0.29, 0.717) is 16.9 Å². The van der Waals surface area contributed by atoms with Gasteiger partial charge in [0.25, 0.3) is 0 Å².